The molecule has 0 aromatic heterocycles. The van der Waals surface area contributed by atoms with Crippen molar-refractivity contribution >= 4 is 23.2 Å². The number of para-hydroxylation sites is 1. The first-order valence-electron chi connectivity index (χ1n) is 5.96. The van der Waals surface area contributed by atoms with Gasteiger partial charge in [0.25, 0.3) is 0 Å². The van der Waals surface area contributed by atoms with Crippen LogP contribution in [0.25, 0.3) is 0 Å². The zero-order valence-electron chi connectivity index (χ0n) is 10.6. The fourth-order valence-corrected chi connectivity index (χ4v) is 2.16. The van der Waals surface area contributed by atoms with Gasteiger partial charge in [-0.3, -0.25) is 0 Å². The summed E-state index contributed by atoms with van der Waals surface area (Å²) in [6.45, 7) is 0.189. The van der Waals surface area contributed by atoms with Crippen LogP contribution in [-0.2, 0) is 6.61 Å². The Hall–Kier alpha value is -1.66. The molecule has 2 aromatic rings. The van der Waals surface area contributed by atoms with E-state index in [4.69, 9.17) is 33.0 Å². The molecule has 0 bridgehead atoms. The monoisotopic (exact) mass is 306 g/mol. The van der Waals surface area contributed by atoms with Crippen LogP contribution in [0.15, 0.2) is 42.5 Å². The molecular weight excluding hydrogens is 295 g/mol. The summed E-state index contributed by atoms with van der Waals surface area (Å²) in [6.07, 6.45) is 0. The predicted octanol–water partition coefficient (Wildman–Crippen LogP) is 3.92. The predicted molar refractivity (Wildman–Crippen MR) is 81.2 cm³/mol. The van der Waals surface area contributed by atoms with Gasteiger partial charge in [0, 0.05) is 5.56 Å². The van der Waals surface area contributed by atoms with Crippen LogP contribution >= 0.6 is 23.2 Å². The molecule has 0 saturated carbocycles. The molecule has 0 spiro atoms. The largest absolute Gasteiger partial charge is 0.486 e. The third-order valence-electron chi connectivity index (χ3n) is 2.54. The van der Waals surface area contributed by atoms with E-state index in [2.05, 4.69) is 11.8 Å². The first kappa shape index (κ1) is 14.7. The molecule has 0 saturated heterocycles. The smallest absolute Gasteiger partial charge is 0.156 e. The lowest BCUT2D eigenvalue weighted by molar-refractivity contribution is 0.306. The fourth-order valence-electron chi connectivity index (χ4n) is 1.66. The Morgan fingerprint density at radius 2 is 1.75 bits per heavy atom. The molecule has 2 aromatic carbocycles. The van der Waals surface area contributed by atoms with Crippen molar-refractivity contribution in [3.05, 3.63) is 63.6 Å². The summed E-state index contributed by atoms with van der Waals surface area (Å²) in [5.41, 5.74) is 1.77. The number of hydrogen-bond acceptors (Lipinski definition) is 2. The van der Waals surface area contributed by atoms with Gasteiger partial charge in [0.2, 0.25) is 0 Å². The molecule has 0 aliphatic rings. The van der Waals surface area contributed by atoms with E-state index in [-0.39, 0.29) is 6.61 Å². The van der Waals surface area contributed by atoms with E-state index < -0.39 is 0 Å². The van der Waals surface area contributed by atoms with Crippen LogP contribution in [0.3, 0.4) is 0 Å². The second-order valence-corrected chi connectivity index (χ2v) is 4.81. The highest BCUT2D eigenvalue weighted by Gasteiger charge is 2.06. The van der Waals surface area contributed by atoms with E-state index in [1.807, 2.05) is 24.3 Å². The number of aliphatic hydroxyl groups is 1. The summed E-state index contributed by atoms with van der Waals surface area (Å²) < 4.78 is 5.65. The van der Waals surface area contributed by atoms with Crippen molar-refractivity contribution in [2.45, 2.75) is 6.61 Å². The lowest BCUT2D eigenvalue weighted by Crippen LogP contribution is -1.97. The quantitative estimate of drug-likeness (QED) is 0.871. The molecule has 1 N–H and O–H groups in total. The van der Waals surface area contributed by atoms with Gasteiger partial charge in [-0.05, 0) is 29.8 Å². The second-order valence-electron chi connectivity index (χ2n) is 4.00. The van der Waals surface area contributed by atoms with E-state index in [1.165, 1.54) is 0 Å². The highest BCUT2D eigenvalue weighted by molar-refractivity contribution is 6.37. The summed E-state index contributed by atoms with van der Waals surface area (Å²) in [7, 11) is 0. The molecule has 0 fully saturated rings. The molecular formula is C16H12Cl2O2. The average molecular weight is 307 g/mol. The average Bonchev–Trinajstić information content (AvgIpc) is 2.45. The molecule has 20 heavy (non-hydrogen) atoms. The van der Waals surface area contributed by atoms with Gasteiger partial charge in [0.1, 0.15) is 13.2 Å². The van der Waals surface area contributed by atoms with Gasteiger partial charge in [-0.2, -0.15) is 0 Å². The molecule has 2 rings (SSSR count). The van der Waals surface area contributed by atoms with Crippen molar-refractivity contribution in [2.75, 3.05) is 6.61 Å². The van der Waals surface area contributed by atoms with Crippen LogP contribution in [0.4, 0.5) is 0 Å². The van der Waals surface area contributed by atoms with Crippen LogP contribution in [-0.4, -0.2) is 11.7 Å². The molecule has 2 nitrogen and oxygen atoms in total. The third kappa shape index (κ3) is 3.91. The van der Waals surface area contributed by atoms with Gasteiger partial charge in [0.15, 0.2) is 5.75 Å². The summed E-state index contributed by atoms with van der Waals surface area (Å²) in [5, 5.41) is 9.64. The number of rotatable bonds is 3. The Kier molecular flexibility index (Phi) is 5.31. The van der Waals surface area contributed by atoms with Crippen molar-refractivity contribution in [2.24, 2.45) is 0 Å². The minimum absolute atomic E-state index is 0.157. The molecule has 0 unspecified atom stereocenters. The normalized spacial score (nSPS) is 9.75. The lowest BCUT2D eigenvalue weighted by atomic mass is 10.1. The van der Waals surface area contributed by atoms with Crippen LogP contribution in [0.2, 0.25) is 10.0 Å². The fraction of sp³-hybridized carbons (Fsp3) is 0.125. The van der Waals surface area contributed by atoms with Crippen LogP contribution < -0.4 is 4.74 Å². The van der Waals surface area contributed by atoms with Gasteiger partial charge in [-0.15, -0.1) is 0 Å². The Labute approximate surface area is 127 Å². The maximum atomic E-state index is 8.68. The topological polar surface area (TPSA) is 29.5 Å². The molecule has 102 valence electrons. The molecule has 0 aliphatic heterocycles. The van der Waals surface area contributed by atoms with Crippen LogP contribution in [0, 0.1) is 11.8 Å². The number of halogens is 2. The highest BCUT2D eigenvalue weighted by atomic mass is 35.5. The SMILES string of the molecule is OCC#Cc1cccc(COc2c(Cl)cccc2Cl)c1. The van der Waals surface area contributed by atoms with Gasteiger partial charge >= 0.3 is 0 Å². The van der Waals surface area contributed by atoms with Gasteiger partial charge < -0.3 is 9.84 Å². The van der Waals surface area contributed by atoms with Crippen LogP contribution in [0.1, 0.15) is 11.1 Å². The molecule has 0 heterocycles. The lowest BCUT2D eigenvalue weighted by Gasteiger charge is -2.09. The summed E-state index contributed by atoms with van der Waals surface area (Å²) >= 11 is 12.1. The standard InChI is InChI=1S/C16H12Cl2O2/c17-14-7-2-8-15(18)16(14)20-11-13-5-1-4-12(10-13)6-3-9-19/h1-2,4-5,7-8,10,19H,9,11H2. The van der Waals surface area contributed by atoms with Crippen LogP contribution in [0.5, 0.6) is 5.75 Å². The molecule has 0 atom stereocenters. The minimum atomic E-state index is -0.157. The first-order valence-corrected chi connectivity index (χ1v) is 6.72. The van der Waals surface area contributed by atoms with Gasteiger partial charge in [-0.25, -0.2) is 0 Å². The van der Waals surface area contributed by atoms with Gasteiger partial charge in [-0.1, -0.05) is 53.2 Å². The number of benzene rings is 2. The van der Waals surface area contributed by atoms with E-state index in [0.29, 0.717) is 22.4 Å². The molecule has 0 radical (unpaired) electrons. The molecule has 0 aliphatic carbocycles. The number of ether oxygens (including phenoxy) is 1. The van der Waals surface area contributed by atoms with E-state index in [9.17, 15) is 0 Å². The first-order chi connectivity index (χ1) is 9.70. The van der Waals surface area contributed by atoms with E-state index in [0.717, 1.165) is 11.1 Å². The minimum Gasteiger partial charge on any atom is -0.486 e. The van der Waals surface area contributed by atoms with Crippen molar-refractivity contribution in [1.82, 2.24) is 0 Å². The van der Waals surface area contributed by atoms with Crippen molar-refractivity contribution < 1.29 is 9.84 Å². The zero-order chi connectivity index (χ0) is 14.4. The molecule has 0 amide bonds. The Bertz CT molecular complexity index is 637. The van der Waals surface area contributed by atoms with Crippen molar-refractivity contribution in [3.63, 3.8) is 0 Å². The Balaban J connectivity index is 2.11. The number of hydrogen-bond donors (Lipinski definition) is 1. The number of aliphatic hydroxyl groups excluding tert-OH is 1. The second kappa shape index (κ2) is 7.21. The highest BCUT2D eigenvalue weighted by Crippen LogP contribution is 2.32. The summed E-state index contributed by atoms with van der Waals surface area (Å²) in [5.74, 6) is 5.93. The van der Waals surface area contributed by atoms with E-state index >= 15 is 0 Å². The maximum Gasteiger partial charge on any atom is 0.156 e. The van der Waals surface area contributed by atoms with Gasteiger partial charge in [0.05, 0.1) is 10.0 Å². The van der Waals surface area contributed by atoms with E-state index in [1.54, 1.807) is 18.2 Å². The zero-order valence-corrected chi connectivity index (χ0v) is 12.1. The van der Waals surface area contributed by atoms with Crippen molar-refractivity contribution in [3.8, 4) is 17.6 Å². The molecule has 4 heteroatoms. The Morgan fingerprint density at radius 3 is 2.45 bits per heavy atom. The summed E-state index contributed by atoms with van der Waals surface area (Å²) in [6, 6.07) is 12.8. The van der Waals surface area contributed by atoms with Crippen molar-refractivity contribution in [1.29, 1.82) is 0 Å². The summed E-state index contributed by atoms with van der Waals surface area (Å²) in [4.78, 5) is 0. The Morgan fingerprint density at radius 1 is 1.05 bits per heavy atom. The maximum absolute atomic E-state index is 8.68. The third-order valence-corrected chi connectivity index (χ3v) is 3.14.